The summed E-state index contributed by atoms with van der Waals surface area (Å²) in [7, 11) is 0. The lowest BCUT2D eigenvalue weighted by atomic mass is 10.1. The van der Waals surface area contributed by atoms with Crippen LogP contribution in [0, 0.1) is 11.7 Å². The van der Waals surface area contributed by atoms with Crippen molar-refractivity contribution in [2.24, 2.45) is 11.7 Å². The zero-order valence-electron chi connectivity index (χ0n) is 8.93. The van der Waals surface area contributed by atoms with Crippen LogP contribution in [0.25, 0.3) is 0 Å². The van der Waals surface area contributed by atoms with Gasteiger partial charge in [-0.05, 0) is 24.1 Å². The molecule has 0 radical (unpaired) electrons. The molecule has 0 aliphatic carbocycles. The van der Waals surface area contributed by atoms with E-state index in [0.717, 1.165) is 5.69 Å². The van der Waals surface area contributed by atoms with Crippen LogP contribution in [0.4, 0.5) is 10.1 Å². The molecule has 1 aromatic rings. The topological polar surface area (TPSA) is 38.0 Å². The zero-order chi connectivity index (χ0) is 11.4. The van der Waals surface area contributed by atoms with Crippen molar-refractivity contribution in [1.82, 2.24) is 0 Å². The Balaban J connectivity index is 2.55. The van der Waals surface area contributed by atoms with Gasteiger partial charge in [0.25, 0.3) is 0 Å². The van der Waals surface area contributed by atoms with Crippen molar-refractivity contribution in [3.63, 3.8) is 0 Å². The van der Waals surface area contributed by atoms with Crippen molar-refractivity contribution in [1.29, 1.82) is 0 Å². The van der Waals surface area contributed by atoms with Gasteiger partial charge in [0.1, 0.15) is 5.82 Å². The van der Waals surface area contributed by atoms with Crippen LogP contribution >= 0.6 is 11.6 Å². The second-order valence-electron chi connectivity index (χ2n) is 3.92. The third-order valence-corrected chi connectivity index (χ3v) is 2.61. The molecule has 0 saturated carbocycles. The minimum atomic E-state index is -0.407. The first kappa shape index (κ1) is 12.3. The Kier molecular flexibility index (Phi) is 4.36. The van der Waals surface area contributed by atoms with Crippen LogP contribution in [-0.4, -0.2) is 12.6 Å². The molecular formula is C11H16ClFN2. The number of hydrogen-bond donors (Lipinski definition) is 2. The van der Waals surface area contributed by atoms with Gasteiger partial charge in [0.2, 0.25) is 0 Å². The molecule has 2 nitrogen and oxygen atoms in total. The van der Waals surface area contributed by atoms with Gasteiger partial charge in [-0.15, -0.1) is 0 Å². The molecular weight excluding hydrogens is 215 g/mol. The van der Waals surface area contributed by atoms with Crippen molar-refractivity contribution in [3.8, 4) is 0 Å². The van der Waals surface area contributed by atoms with E-state index in [1.165, 1.54) is 6.07 Å². The molecule has 0 bridgehead atoms. The summed E-state index contributed by atoms with van der Waals surface area (Å²) in [6, 6.07) is 4.62. The van der Waals surface area contributed by atoms with Gasteiger partial charge in [-0.1, -0.05) is 25.4 Å². The van der Waals surface area contributed by atoms with E-state index in [0.29, 0.717) is 12.5 Å². The highest BCUT2D eigenvalue weighted by molar-refractivity contribution is 6.31. The summed E-state index contributed by atoms with van der Waals surface area (Å²) < 4.78 is 12.8. The molecule has 1 unspecified atom stereocenters. The molecule has 15 heavy (non-hydrogen) atoms. The maximum Gasteiger partial charge on any atom is 0.141 e. The van der Waals surface area contributed by atoms with Gasteiger partial charge in [-0.3, -0.25) is 0 Å². The number of nitrogens with one attached hydrogen (secondary N) is 1. The van der Waals surface area contributed by atoms with Crippen molar-refractivity contribution in [2.75, 3.05) is 11.9 Å². The summed E-state index contributed by atoms with van der Waals surface area (Å²) in [6.45, 7) is 4.77. The predicted molar refractivity (Wildman–Crippen MR) is 62.7 cm³/mol. The van der Waals surface area contributed by atoms with E-state index in [1.807, 2.05) is 0 Å². The number of benzene rings is 1. The van der Waals surface area contributed by atoms with Crippen LogP contribution in [-0.2, 0) is 0 Å². The highest BCUT2D eigenvalue weighted by Crippen LogP contribution is 2.19. The third kappa shape index (κ3) is 3.68. The largest absolute Gasteiger partial charge is 0.383 e. The van der Waals surface area contributed by atoms with E-state index in [2.05, 4.69) is 19.2 Å². The maximum atomic E-state index is 12.8. The fourth-order valence-electron chi connectivity index (χ4n) is 1.08. The Morgan fingerprint density at radius 1 is 1.47 bits per heavy atom. The molecule has 0 fully saturated rings. The average Bonchev–Trinajstić information content (AvgIpc) is 2.19. The lowest BCUT2D eigenvalue weighted by molar-refractivity contribution is 0.511. The van der Waals surface area contributed by atoms with E-state index in [4.69, 9.17) is 17.3 Å². The van der Waals surface area contributed by atoms with Gasteiger partial charge in [0.05, 0.1) is 5.02 Å². The summed E-state index contributed by atoms with van der Waals surface area (Å²) in [6.07, 6.45) is 0. The molecule has 0 amide bonds. The molecule has 0 aliphatic rings. The van der Waals surface area contributed by atoms with Crippen LogP contribution in [0.5, 0.6) is 0 Å². The summed E-state index contributed by atoms with van der Waals surface area (Å²) in [5.74, 6) is 0.00351. The first-order chi connectivity index (χ1) is 7.00. The van der Waals surface area contributed by atoms with Crippen LogP contribution in [0.15, 0.2) is 18.2 Å². The molecule has 3 N–H and O–H groups in total. The fraction of sp³-hybridized carbons (Fsp3) is 0.455. The lowest BCUT2D eigenvalue weighted by Gasteiger charge is -2.17. The summed E-state index contributed by atoms with van der Waals surface area (Å²) in [4.78, 5) is 0. The molecule has 0 heterocycles. The standard InChI is InChI=1S/C11H16ClFN2/c1-7(2)11(14)6-15-8-3-4-10(13)9(12)5-8/h3-5,7,11,15H,6,14H2,1-2H3. The van der Waals surface area contributed by atoms with Crippen LogP contribution < -0.4 is 11.1 Å². The average molecular weight is 231 g/mol. The Hall–Kier alpha value is -0.800. The van der Waals surface area contributed by atoms with Gasteiger partial charge in [-0.2, -0.15) is 0 Å². The van der Waals surface area contributed by atoms with Crippen LogP contribution in [0.1, 0.15) is 13.8 Å². The normalized spacial score (nSPS) is 12.9. The maximum absolute atomic E-state index is 12.8. The van der Waals surface area contributed by atoms with Crippen molar-refractivity contribution < 1.29 is 4.39 Å². The van der Waals surface area contributed by atoms with E-state index < -0.39 is 5.82 Å². The molecule has 0 aliphatic heterocycles. The molecule has 1 rings (SSSR count). The molecule has 4 heteroatoms. The first-order valence-corrected chi connectivity index (χ1v) is 5.33. The molecule has 0 aromatic heterocycles. The van der Waals surface area contributed by atoms with Gasteiger partial charge in [0.15, 0.2) is 0 Å². The molecule has 0 saturated heterocycles. The minimum absolute atomic E-state index is 0.0776. The molecule has 1 aromatic carbocycles. The third-order valence-electron chi connectivity index (χ3n) is 2.32. The number of nitrogens with two attached hydrogens (primary N) is 1. The van der Waals surface area contributed by atoms with Crippen molar-refractivity contribution >= 4 is 17.3 Å². The van der Waals surface area contributed by atoms with E-state index in [-0.39, 0.29) is 11.1 Å². The number of halogens is 2. The summed E-state index contributed by atoms with van der Waals surface area (Å²) in [5.41, 5.74) is 6.65. The van der Waals surface area contributed by atoms with Crippen LogP contribution in [0.2, 0.25) is 5.02 Å². The van der Waals surface area contributed by atoms with Gasteiger partial charge >= 0.3 is 0 Å². The quantitative estimate of drug-likeness (QED) is 0.835. The van der Waals surface area contributed by atoms with E-state index in [1.54, 1.807) is 12.1 Å². The second-order valence-corrected chi connectivity index (χ2v) is 4.32. The SMILES string of the molecule is CC(C)C(N)CNc1ccc(F)c(Cl)c1. The fourth-order valence-corrected chi connectivity index (χ4v) is 1.26. The molecule has 0 spiro atoms. The minimum Gasteiger partial charge on any atom is -0.383 e. The zero-order valence-corrected chi connectivity index (χ0v) is 9.68. The summed E-state index contributed by atoms with van der Waals surface area (Å²) in [5, 5.41) is 3.24. The highest BCUT2D eigenvalue weighted by Gasteiger charge is 2.07. The van der Waals surface area contributed by atoms with E-state index >= 15 is 0 Å². The monoisotopic (exact) mass is 230 g/mol. The summed E-state index contributed by atoms with van der Waals surface area (Å²) >= 11 is 5.65. The van der Waals surface area contributed by atoms with Gasteiger partial charge in [0, 0.05) is 18.3 Å². The Morgan fingerprint density at radius 3 is 2.67 bits per heavy atom. The molecule has 1 atom stereocenters. The van der Waals surface area contributed by atoms with Crippen molar-refractivity contribution in [2.45, 2.75) is 19.9 Å². The number of anilines is 1. The first-order valence-electron chi connectivity index (χ1n) is 4.95. The predicted octanol–water partition coefficient (Wildman–Crippen LogP) is 2.87. The van der Waals surface area contributed by atoms with Crippen LogP contribution in [0.3, 0.4) is 0 Å². The van der Waals surface area contributed by atoms with E-state index in [9.17, 15) is 4.39 Å². The Labute approximate surface area is 94.6 Å². The Morgan fingerprint density at radius 2 is 2.13 bits per heavy atom. The number of hydrogen-bond acceptors (Lipinski definition) is 2. The highest BCUT2D eigenvalue weighted by atomic mass is 35.5. The Bertz CT molecular complexity index is 328. The smallest absolute Gasteiger partial charge is 0.141 e. The van der Waals surface area contributed by atoms with Gasteiger partial charge in [-0.25, -0.2) is 4.39 Å². The van der Waals surface area contributed by atoms with Gasteiger partial charge < -0.3 is 11.1 Å². The van der Waals surface area contributed by atoms with Crippen molar-refractivity contribution in [3.05, 3.63) is 29.0 Å². The lowest BCUT2D eigenvalue weighted by Crippen LogP contribution is -2.33. The number of rotatable bonds is 4. The molecule has 84 valence electrons. The second kappa shape index (κ2) is 5.33.